The summed E-state index contributed by atoms with van der Waals surface area (Å²) in [5, 5.41) is 3.62. The Kier molecular flexibility index (Phi) is 6.85. The highest BCUT2D eigenvalue weighted by Crippen LogP contribution is 2.40. The van der Waals surface area contributed by atoms with Crippen LogP contribution in [0.25, 0.3) is 16.5 Å². The predicted molar refractivity (Wildman–Crippen MR) is 134 cm³/mol. The Bertz CT molecular complexity index is 1340. The van der Waals surface area contributed by atoms with E-state index in [2.05, 4.69) is 10.3 Å². The van der Waals surface area contributed by atoms with E-state index in [4.69, 9.17) is 26.5 Å². The van der Waals surface area contributed by atoms with Gasteiger partial charge >= 0.3 is 0 Å². The first-order valence-corrected chi connectivity index (χ1v) is 12.4. The number of benzene rings is 1. The van der Waals surface area contributed by atoms with Crippen molar-refractivity contribution in [3.63, 3.8) is 0 Å². The van der Waals surface area contributed by atoms with E-state index in [1.807, 2.05) is 11.0 Å². The fourth-order valence-corrected chi connectivity index (χ4v) is 5.24. The molecule has 7 nitrogen and oxygen atoms in total. The van der Waals surface area contributed by atoms with Crippen molar-refractivity contribution >= 4 is 39.9 Å². The molecule has 3 aromatic rings. The summed E-state index contributed by atoms with van der Waals surface area (Å²) in [5.74, 6) is -0.953. The molecule has 1 fully saturated rings. The molecule has 2 aliphatic rings. The van der Waals surface area contributed by atoms with Crippen LogP contribution in [0.4, 0.5) is 14.6 Å². The van der Waals surface area contributed by atoms with Crippen LogP contribution in [0.1, 0.15) is 43.4 Å². The Morgan fingerprint density at radius 1 is 1.31 bits per heavy atom. The molecule has 1 saturated heterocycles. The van der Waals surface area contributed by atoms with Crippen molar-refractivity contribution in [1.82, 2.24) is 15.2 Å². The number of piperidine rings is 1. The molecule has 0 bridgehead atoms. The summed E-state index contributed by atoms with van der Waals surface area (Å²) in [6.07, 6.45) is 6.70. The average Bonchev–Trinajstić information content (AvgIpc) is 3.33. The van der Waals surface area contributed by atoms with E-state index in [0.29, 0.717) is 30.5 Å². The van der Waals surface area contributed by atoms with Crippen LogP contribution in [-0.4, -0.2) is 42.0 Å². The smallest absolute Gasteiger partial charge is 0.226 e. The second-order valence-electron chi connectivity index (χ2n) is 9.17. The minimum absolute atomic E-state index is 0.0551. The van der Waals surface area contributed by atoms with E-state index in [1.54, 1.807) is 19.4 Å². The Morgan fingerprint density at radius 3 is 2.78 bits per heavy atom. The fraction of sp³-hybridized carbons (Fsp3) is 0.385. The van der Waals surface area contributed by atoms with Crippen LogP contribution in [-0.2, 0) is 4.79 Å². The van der Waals surface area contributed by atoms with Crippen LogP contribution in [0.5, 0.6) is 5.75 Å². The number of nitrogens with zero attached hydrogens (tertiary/aromatic N) is 2. The van der Waals surface area contributed by atoms with Crippen molar-refractivity contribution in [2.45, 2.75) is 32.3 Å². The number of amides is 1. The summed E-state index contributed by atoms with van der Waals surface area (Å²) in [7, 11) is 0. The first-order chi connectivity index (χ1) is 17.3. The number of carbonyl (C=O) groups is 1. The van der Waals surface area contributed by atoms with Gasteiger partial charge < -0.3 is 25.1 Å². The van der Waals surface area contributed by atoms with Gasteiger partial charge in [0.05, 0.1) is 16.7 Å². The summed E-state index contributed by atoms with van der Waals surface area (Å²) in [4.78, 5) is 19.0. The quantitative estimate of drug-likeness (QED) is 0.458. The molecule has 3 N–H and O–H groups in total. The summed E-state index contributed by atoms with van der Waals surface area (Å²) in [6.45, 7) is 4.46. The van der Waals surface area contributed by atoms with Crippen LogP contribution in [0.15, 0.2) is 35.1 Å². The van der Waals surface area contributed by atoms with Gasteiger partial charge in [-0.3, -0.25) is 4.79 Å². The van der Waals surface area contributed by atoms with Gasteiger partial charge in [0.1, 0.15) is 17.7 Å². The number of rotatable bonds is 5. The summed E-state index contributed by atoms with van der Waals surface area (Å²) >= 11 is 6.00. The van der Waals surface area contributed by atoms with E-state index in [0.717, 1.165) is 49.2 Å². The molecule has 2 aromatic heterocycles. The molecule has 190 valence electrons. The standard InChI is InChI=1S/C26H27ClF2N4O3/c1-14(21-19(28)2-3-20(29)22(21)27)36-24-23-17(12-32-25(24)30)18(13-35-23)15-6-10-33(11-7-15)26(34)16-4-8-31-9-5-16/h2-3,6,12-14,16,31H,4-5,7-11H2,1H3,(H2,30,32)/t14-/m1/s1. The lowest BCUT2D eigenvalue weighted by Crippen LogP contribution is -2.42. The number of aromatic nitrogens is 1. The number of nitrogens with two attached hydrogens (primary N) is 1. The molecule has 36 heavy (non-hydrogen) atoms. The van der Waals surface area contributed by atoms with Gasteiger partial charge in [-0.25, -0.2) is 13.8 Å². The van der Waals surface area contributed by atoms with Gasteiger partial charge in [0.25, 0.3) is 0 Å². The number of anilines is 1. The average molecular weight is 517 g/mol. The molecule has 1 amide bonds. The van der Waals surface area contributed by atoms with Gasteiger partial charge in [-0.15, -0.1) is 0 Å². The number of halogens is 3. The molecule has 0 spiro atoms. The number of hydrogen-bond acceptors (Lipinski definition) is 6. The van der Waals surface area contributed by atoms with E-state index in [9.17, 15) is 13.6 Å². The number of furan rings is 1. The highest BCUT2D eigenvalue weighted by atomic mass is 35.5. The second-order valence-corrected chi connectivity index (χ2v) is 9.55. The molecule has 1 atom stereocenters. The highest BCUT2D eigenvalue weighted by molar-refractivity contribution is 6.31. The van der Waals surface area contributed by atoms with Crippen molar-refractivity contribution < 1.29 is 22.7 Å². The largest absolute Gasteiger partial charge is 0.478 e. The summed E-state index contributed by atoms with van der Waals surface area (Å²) in [5.41, 5.74) is 8.17. The Labute approximate surface area is 212 Å². The van der Waals surface area contributed by atoms with Crippen molar-refractivity contribution in [3.8, 4) is 5.75 Å². The molecule has 0 saturated carbocycles. The van der Waals surface area contributed by atoms with Crippen LogP contribution in [0.2, 0.25) is 5.02 Å². The number of ether oxygens (including phenoxy) is 1. The Balaban J connectivity index is 1.39. The minimum Gasteiger partial charge on any atom is -0.478 e. The number of nitrogen functional groups attached to an aromatic ring is 1. The lowest BCUT2D eigenvalue weighted by molar-refractivity contribution is -0.135. The van der Waals surface area contributed by atoms with Crippen molar-refractivity contribution in [1.29, 1.82) is 0 Å². The minimum atomic E-state index is -0.958. The SMILES string of the molecule is C[C@@H](Oc1c(N)ncc2c(C3=CCN(C(=O)C4CCNCC4)CC3)coc12)c1c(F)ccc(F)c1Cl. The van der Waals surface area contributed by atoms with Crippen molar-refractivity contribution in [2.75, 3.05) is 31.9 Å². The zero-order valence-electron chi connectivity index (χ0n) is 19.8. The summed E-state index contributed by atoms with van der Waals surface area (Å²) in [6, 6.07) is 1.96. The molecule has 0 unspecified atom stereocenters. The number of fused-ring (bicyclic) bond motifs is 1. The number of nitrogens with one attached hydrogen (secondary N) is 1. The van der Waals surface area contributed by atoms with Crippen LogP contribution >= 0.6 is 11.6 Å². The monoisotopic (exact) mass is 516 g/mol. The first kappa shape index (κ1) is 24.5. The zero-order valence-corrected chi connectivity index (χ0v) is 20.6. The molecule has 1 aromatic carbocycles. The van der Waals surface area contributed by atoms with Gasteiger partial charge in [0.15, 0.2) is 11.4 Å². The molecule has 10 heteroatoms. The Morgan fingerprint density at radius 2 is 2.06 bits per heavy atom. The first-order valence-electron chi connectivity index (χ1n) is 12.0. The van der Waals surface area contributed by atoms with Crippen molar-refractivity contribution in [2.24, 2.45) is 5.92 Å². The van der Waals surface area contributed by atoms with E-state index >= 15 is 0 Å². The third kappa shape index (κ3) is 4.53. The van der Waals surface area contributed by atoms with Gasteiger partial charge in [-0.05, 0) is 57.0 Å². The maximum absolute atomic E-state index is 14.4. The van der Waals surface area contributed by atoms with Crippen LogP contribution in [0.3, 0.4) is 0 Å². The van der Waals surface area contributed by atoms with Crippen LogP contribution < -0.4 is 15.8 Å². The summed E-state index contributed by atoms with van der Waals surface area (Å²) < 4.78 is 40.1. The Hall–Kier alpha value is -3.17. The molecular weight excluding hydrogens is 490 g/mol. The second kappa shape index (κ2) is 10.1. The third-order valence-corrected chi connectivity index (χ3v) is 7.32. The highest BCUT2D eigenvalue weighted by Gasteiger charge is 2.28. The third-order valence-electron chi connectivity index (χ3n) is 6.94. The topological polar surface area (TPSA) is 93.6 Å². The number of pyridine rings is 1. The van der Waals surface area contributed by atoms with Gasteiger partial charge in [0, 0.05) is 36.3 Å². The van der Waals surface area contributed by atoms with E-state index in [1.165, 1.54) is 0 Å². The molecule has 0 radical (unpaired) electrons. The molecule has 4 heterocycles. The normalized spacial score (nSPS) is 17.8. The lowest BCUT2D eigenvalue weighted by Gasteiger charge is -2.31. The van der Waals surface area contributed by atoms with Gasteiger partial charge in [0.2, 0.25) is 11.7 Å². The number of hydrogen-bond donors (Lipinski definition) is 2. The van der Waals surface area contributed by atoms with Gasteiger partial charge in [-0.2, -0.15) is 0 Å². The number of carbonyl (C=O) groups excluding carboxylic acids is 1. The predicted octanol–water partition coefficient (Wildman–Crippen LogP) is 5.10. The van der Waals surface area contributed by atoms with Gasteiger partial charge in [-0.1, -0.05) is 17.7 Å². The molecule has 5 rings (SSSR count). The zero-order chi connectivity index (χ0) is 25.4. The molecule has 2 aliphatic heterocycles. The maximum atomic E-state index is 14.4. The molecule has 0 aliphatic carbocycles. The van der Waals surface area contributed by atoms with Crippen LogP contribution in [0, 0.1) is 17.6 Å². The van der Waals surface area contributed by atoms with E-state index < -0.39 is 17.7 Å². The van der Waals surface area contributed by atoms with Crippen molar-refractivity contribution in [3.05, 3.63) is 58.5 Å². The maximum Gasteiger partial charge on any atom is 0.226 e. The lowest BCUT2D eigenvalue weighted by atomic mass is 9.94. The fourth-order valence-electron chi connectivity index (χ4n) is 4.93. The molecular formula is C26H27ClF2N4O3. The van der Waals surface area contributed by atoms with E-state index in [-0.39, 0.29) is 34.0 Å².